The molecule has 0 radical (unpaired) electrons. The summed E-state index contributed by atoms with van der Waals surface area (Å²) >= 11 is 7.66. The van der Waals surface area contributed by atoms with Crippen molar-refractivity contribution in [1.82, 2.24) is 20.1 Å². The molecule has 0 amide bonds. The largest absolute Gasteiger partial charge is 0.310 e. The van der Waals surface area contributed by atoms with Gasteiger partial charge in [0.1, 0.15) is 6.33 Å². The lowest BCUT2D eigenvalue weighted by atomic mass is 10.2. The fourth-order valence-corrected chi connectivity index (χ4v) is 2.73. The van der Waals surface area contributed by atoms with Crippen LogP contribution in [0.25, 0.3) is 0 Å². The van der Waals surface area contributed by atoms with Crippen LogP contribution in [-0.2, 0) is 13.6 Å². The van der Waals surface area contributed by atoms with Gasteiger partial charge in [0.25, 0.3) is 0 Å². The van der Waals surface area contributed by atoms with Crippen molar-refractivity contribution in [3.63, 3.8) is 0 Å². The van der Waals surface area contributed by atoms with Gasteiger partial charge in [-0.15, -0.1) is 0 Å². The molecular weight excluding hydrogens is 280 g/mol. The second-order valence-corrected chi connectivity index (χ2v) is 6.00. The van der Waals surface area contributed by atoms with E-state index in [1.54, 1.807) is 22.8 Å². The van der Waals surface area contributed by atoms with Crippen LogP contribution in [0.1, 0.15) is 19.4 Å². The van der Waals surface area contributed by atoms with Crippen molar-refractivity contribution in [3.8, 4) is 0 Å². The van der Waals surface area contributed by atoms with Gasteiger partial charge in [-0.25, -0.2) is 9.67 Å². The van der Waals surface area contributed by atoms with E-state index in [1.807, 2.05) is 19.2 Å². The molecular formula is C13H17ClN4S. The Balaban J connectivity index is 2.22. The van der Waals surface area contributed by atoms with Crippen LogP contribution in [-0.4, -0.2) is 20.8 Å². The van der Waals surface area contributed by atoms with E-state index < -0.39 is 0 Å². The second-order valence-electron chi connectivity index (χ2n) is 4.56. The first-order chi connectivity index (χ1) is 9.06. The van der Waals surface area contributed by atoms with E-state index in [2.05, 4.69) is 35.3 Å². The smallest absolute Gasteiger partial charge is 0.190 e. The number of nitrogens with zero attached hydrogens (tertiary/aromatic N) is 3. The van der Waals surface area contributed by atoms with Crippen molar-refractivity contribution in [3.05, 3.63) is 35.1 Å². The average Bonchev–Trinajstić information content (AvgIpc) is 2.74. The number of hydrogen-bond donors (Lipinski definition) is 1. The van der Waals surface area contributed by atoms with Crippen LogP contribution in [0.15, 0.2) is 34.6 Å². The van der Waals surface area contributed by atoms with E-state index >= 15 is 0 Å². The molecule has 0 bridgehead atoms. The van der Waals surface area contributed by atoms with Gasteiger partial charge in [-0.05, 0) is 29.5 Å². The molecule has 0 spiro atoms. The molecule has 0 atom stereocenters. The molecule has 6 heteroatoms. The Kier molecular flexibility index (Phi) is 4.85. The average molecular weight is 297 g/mol. The van der Waals surface area contributed by atoms with Crippen molar-refractivity contribution in [2.75, 3.05) is 0 Å². The third-order valence-electron chi connectivity index (χ3n) is 2.60. The van der Waals surface area contributed by atoms with Crippen LogP contribution in [0.5, 0.6) is 0 Å². The van der Waals surface area contributed by atoms with Crippen LogP contribution in [0.4, 0.5) is 0 Å². The van der Waals surface area contributed by atoms with Crippen LogP contribution in [0, 0.1) is 0 Å². The molecule has 1 heterocycles. The third-order valence-corrected chi connectivity index (χ3v) is 3.99. The summed E-state index contributed by atoms with van der Waals surface area (Å²) in [5.41, 5.74) is 1.21. The summed E-state index contributed by atoms with van der Waals surface area (Å²) in [5, 5.41) is 9.08. The second kappa shape index (κ2) is 6.41. The molecule has 0 saturated carbocycles. The van der Waals surface area contributed by atoms with Crippen LogP contribution in [0.3, 0.4) is 0 Å². The van der Waals surface area contributed by atoms with Gasteiger partial charge in [-0.2, -0.15) is 5.10 Å². The number of aryl methyl sites for hydroxylation is 1. The molecule has 0 fully saturated rings. The fraction of sp³-hybridized carbons (Fsp3) is 0.385. The molecule has 2 rings (SSSR count). The normalized spacial score (nSPS) is 11.2. The fourth-order valence-electron chi connectivity index (χ4n) is 1.56. The van der Waals surface area contributed by atoms with Gasteiger partial charge in [-0.1, -0.05) is 31.5 Å². The standard InChI is InChI=1S/C13H17ClN4S/c1-9(2)15-7-10-4-5-11(14)6-12(10)19-13-16-8-17-18(13)3/h4-6,8-9,15H,7H2,1-3H3. The number of nitrogens with one attached hydrogen (secondary N) is 1. The van der Waals surface area contributed by atoms with Gasteiger partial charge in [0, 0.05) is 29.6 Å². The van der Waals surface area contributed by atoms with Gasteiger partial charge >= 0.3 is 0 Å². The molecule has 0 saturated heterocycles. The number of aromatic nitrogens is 3. The van der Waals surface area contributed by atoms with E-state index in [9.17, 15) is 0 Å². The lowest BCUT2D eigenvalue weighted by Crippen LogP contribution is -2.22. The van der Waals surface area contributed by atoms with E-state index in [1.165, 1.54) is 5.56 Å². The molecule has 0 aliphatic carbocycles. The summed E-state index contributed by atoms with van der Waals surface area (Å²) in [4.78, 5) is 5.34. The molecule has 1 aromatic heterocycles. The Hall–Kier alpha value is -1.04. The zero-order valence-electron chi connectivity index (χ0n) is 11.2. The summed E-state index contributed by atoms with van der Waals surface area (Å²) in [7, 11) is 1.88. The van der Waals surface area contributed by atoms with Crippen molar-refractivity contribution >= 4 is 23.4 Å². The van der Waals surface area contributed by atoms with Gasteiger partial charge < -0.3 is 5.32 Å². The summed E-state index contributed by atoms with van der Waals surface area (Å²) in [5.74, 6) is 0. The molecule has 1 aromatic carbocycles. The Bertz CT molecular complexity index is 553. The number of benzene rings is 1. The molecule has 1 N–H and O–H groups in total. The van der Waals surface area contributed by atoms with Crippen LogP contribution in [0.2, 0.25) is 5.02 Å². The summed E-state index contributed by atoms with van der Waals surface area (Å²) < 4.78 is 1.76. The SMILES string of the molecule is CC(C)NCc1ccc(Cl)cc1Sc1ncnn1C. The minimum absolute atomic E-state index is 0.448. The molecule has 2 aromatic rings. The lowest BCUT2D eigenvalue weighted by Gasteiger charge is -2.12. The Morgan fingerprint density at radius 3 is 2.84 bits per heavy atom. The molecule has 0 aliphatic heterocycles. The Morgan fingerprint density at radius 1 is 1.42 bits per heavy atom. The number of rotatable bonds is 5. The number of hydrogen-bond acceptors (Lipinski definition) is 4. The van der Waals surface area contributed by atoms with Crippen molar-refractivity contribution in [2.24, 2.45) is 7.05 Å². The topological polar surface area (TPSA) is 42.7 Å². The van der Waals surface area contributed by atoms with Crippen molar-refractivity contribution < 1.29 is 0 Å². The van der Waals surface area contributed by atoms with Crippen molar-refractivity contribution in [1.29, 1.82) is 0 Å². The van der Waals surface area contributed by atoms with E-state index in [0.717, 1.165) is 21.6 Å². The van der Waals surface area contributed by atoms with Gasteiger partial charge in [-0.3, -0.25) is 0 Å². The molecule has 4 nitrogen and oxygen atoms in total. The molecule has 102 valence electrons. The maximum Gasteiger partial charge on any atom is 0.190 e. The Morgan fingerprint density at radius 2 is 2.21 bits per heavy atom. The minimum Gasteiger partial charge on any atom is -0.310 e. The molecule has 19 heavy (non-hydrogen) atoms. The van der Waals surface area contributed by atoms with E-state index in [-0.39, 0.29) is 0 Å². The maximum absolute atomic E-state index is 6.08. The highest BCUT2D eigenvalue weighted by atomic mass is 35.5. The quantitative estimate of drug-likeness (QED) is 0.920. The summed E-state index contributed by atoms with van der Waals surface area (Å²) in [6.45, 7) is 5.08. The van der Waals surface area contributed by atoms with Gasteiger partial charge in [0.2, 0.25) is 0 Å². The first-order valence-electron chi connectivity index (χ1n) is 6.10. The monoisotopic (exact) mass is 296 g/mol. The van der Waals surface area contributed by atoms with Crippen LogP contribution < -0.4 is 5.32 Å². The first-order valence-corrected chi connectivity index (χ1v) is 7.29. The predicted octanol–water partition coefficient (Wildman–Crippen LogP) is 3.12. The maximum atomic E-state index is 6.08. The zero-order chi connectivity index (χ0) is 13.8. The third kappa shape index (κ3) is 3.96. The predicted molar refractivity (Wildman–Crippen MR) is 78.6 cm³/mol. The molecule has 0 unspecified atom stereocenters. The highest BCUT2D eigenvalue weighted by Gasteiger charge is 2.09. The van der Waals surface area contributed by atoms with Gasteiger partial charge in [0.15, 0.2) is 5.16 Å². The Labute approximate surface area is 122 Å². The van der Waals surface area contributed by atoms with E-state index in [4.69, 9.17) is 11.6 Å². The van der Waals surface area contributed by atoms with Crippen molar-refractivity contribution in [2.45, 2.75) is 36.5 Å². The first kappa shape index (κ1) is 14.4. The summed E-state index contributed by atoms with van der Waals surface area (Å²) in [6, 6.07) is 6.39. The van der Waals surface area contributed by atoms with Crippen LogP contribution >= 0.6 is 23.4 Å². The lowest BCUT2D eigenvalue weighted by molar-refractivity contribution is 0.584. The molecule has 0 aliphatic rings. The van der Waals surface area contributed by atoms with E-state index in [0.29, 0.717) is 6.04 Å². The zero-order valence-corrected chi connectivity index (χ0v) is 12.8. The minimum atomic E-state index is 0.448. The highest BCUT2D eigenvalue weighted by Crippen LogP contribution is 2.31. The number of halogens is 1. The summed E-state index contributed by atoms with van der Waals surface area (Å²) in [6.07, 6.45) is 1.55. The van der Waals surface area contributed by atoms with Gasteiger partial charge in [0.05, 0.1) is 0 Å². The highest BCUT2D eigenvalue weighted by molar-refractivity contribution is 7.99.